The second kappa shape index (κ2) is 10.6. The number of para-hydroxylation sites is 2. The van der Waals surface area contributed by atoms with Crippen LogP contribution in [0.15, 0.2) is 180 Å². The minimum atomic E-state index is 0.888. The molecule has 0 spiro atoms. The smallest absolute Gasteiger partial charge is 0.135 e. The Kier molecular flexibility index (Phi) is 5.91. The van der Waals surface area contributed by atoms with Crippen LogP contribution in [0.5, 0.6) is 0 Å². The highest BCUT2D eigenvalue weighted by atomic mass is 16.3. The number of nitrogens with zero attached hydrogens (tertiary/aromatic N) is 1. The lowest BCUT2D eigenvalue weighted by Gasteiger charge is -2.28. The fraction of sp³-hybridized carbons (Fsp3) is 0. The molecule has 10 aromatic rings. The van der Waals surface area contributed by atoms with Crippen molar-refractivity contribution in [3.63, 3.8) is 0 Å². The van der Waals surface area contributed by atoms with Gasteiger partial charge in [0.05, 0.1) is 5.69 Å². The van der Waals surface area contributed by atoms with Gasteiger partial charge in [0.25, 0.3) is 0 Å². The predicted octanol–water partition coefficient (Wildman–Crippen LogP) is 13.3. The van der Waals surface area contributed by atoms with E-state index in [2.05, 4.69) is 169 Å². The second-order valence-electron chi connectivity index (χ2n) is 12.5. The minimum absolute atomic E-state index is 0.888. The van der Waals surface area contributed by atoms with Crippen LogP contribution in [-0.4, -0.2) is 0 Å². The van der Waals surface area contributed by atoms with Gasteiger partial charge in [-0.2, -0.15) is 0 Å². The third kappa shape index (κ3) is 4.20. The van der Waals surface area contributed by atoms with E-state index in [-0.39, 0.29) is 0 Å². The van der Waals surface area contributed by atoms with Gasteiger partial charge in [0.15, 0.2) is 0 Å². The summed E-state index contributed by atoms with van der Waals surface area (Å²) in [6, 6.07) is 63.5. The molecule has 224 valence electrons. The Morgan fingerprint density at radius 2 is 0.938 bits per heavy atom. The standard InChI is InChI=1S/C46H29NO/c1-2-11-34-27-35(22-17-30(34)9-1)38-12-5-7-15-43(38)47(37-25-26-45-42(29-37)40-14-6-8-16-44(40)48-45)36-24-23-32-19-21-33-20-18-31-10-3-4-13-39(31)46(33)41(32)28-36/h1-29H. The molecule has 0 radical (unpaired) electrons. The molecule has 0 saturated heterocycles. The summed E-state index contributed by atoms with van der Waals surface area (Å²) in [6.07, 6.45) is 0. The molecule has 0 bridgehead atoms. The number of anilines is 3. The van der Waals surface area contributed by atoms with E-state index in [9.17, 15) is 0 Å². The van der Waals surface area contributed by atoms with Crippen LogP contribution in [0.1, 0.15) is 0 Å². The molecule has 2 nitrogen and oxygen atoms in total. The zero-order valence-corrected chi connectivity index (χ0v) is 26.1. The number of benzene rings is 9. The van der Waals surface area contributed by atoms with Crippen LogP contribution in [-0.2, 0) is 0 Å². The molecule has 1 heterocycles. The molecule has 0 aliphatic rings. The predicted molar refractivity (Wildman–Crippen MR) is 204 cm³/mol. The molecule has 0 fully saturated rings. The summed E-state index contributed by atoms with van der Waals surface area (Å²) >= 11 is 0. The van der Waals surface area contributed by atoms with Gasteiger partial charge in [-0.25, -0.2) is 0 Å². The molecular formula is C46H29NO. The van der Waals surface area contributed by atoms with Gasteiger partial charge >= 0.3 is 0 Å². The Morgan fingerprint density at radius 1 is 0.354 bits per heavy atom. The Labute approximate surface area is 277 Å². The van der Waals surface area contributed by atoms with Crippen LogP contribution >= 0.6 is 0 Å². The molecule has 0 saturated carbocycles. The molecule has 0 aliphatic heterocycles. The van der Waals surface area contributed by atoms with Crippen molar-refractivity contribution in [3.8, 4) is 11.1 Å². The first-order valence-corrected chi connectivity index (χ1v) is 16.4. The zero-order valence-electron chi connectivity index (χ0n) is 26.1. The average Bonchev–Trinajstić information content (AvgIpc) is 3.53. The van der Waals surface area contributed by atoms with Crippen molar-refractivity contribution in [1.29, 1.82) is 0 Å². The summed E-state index contributed by atoms with van der Waals surface area (Å²) in [5, 5.41) is 12.2. The monoisotopic (exact) mass is 611 g/mol. The van der Waals surface area contributed by atoms with E-state index in [1.807, 2.05) is 12.1 Å². The summed E-state index contributed by atoms with van der Waals surface area (Å²) in [5.74, 6) is 0. The van der Waals surface area contributed by atoms with E-state index in [0.717, 1.165) is 39.0 Å². The molecule has 10 rings (SSSR count). The molecule has 2 heteroatoms. The van der Waals surface area contributed by atoms with E-state index in [1.165, 1.54) is 54.2 Å². The lowest BCUT2D eigenvalue weighted by Crippen LogP contribution is -2.11. The van der Waals surface area contributed by atoms with Crippen LogP contribution in [0.4, 0.5) is 17.1 Å². The third-order valence-electron chi connectivity index (χ3n) is 9.79. The van der Waals surface area contributed by atoms with Crippen LogP contribution in [0, 0.1) is 0 Å². The molecule has 0 amide bonds. The van der Waals surface area contributed by atoms with Crippen LogP contribution < -0.4 is 4.90 Å². The summed E-state index contributed by atoms with van der Waals surface area (Å²) < 4.78 is 6.26. The Balaban J connectivity index is 1.26. The van der Waals surface area contributed by atoms with E-state index in [0.29, 0.717) is 0 Å². The number of hydrogen-bond donors (Lipinski definition) is 0. The Hall–Kier alpha value is -6.38. The fourth-order valence-electron chi connectivity index (χ4n) is 7.50. The highest BCUT2D eigenvalue weighted by molar-refractivity contribution is 6.21. The van der Waals surface area contributed by atoms with Crippen LogP contribution in [0.2, 0.25) is 0 Å². The highest BCUT2D eigenvalue weighted by Gasteiger charge is 2.20. The first-order valence-electron chi connectivity index (χ1n) is 16.4. The highest BCUT2D eigenvalue weighted by Crippen LogP contribution is 2.44. The maximum absolute atomic E-state index is 6.26. The molecule has 9 aromatic carbocycles. The largest absolute Gasteiger partial charge is 0.456 e. The van der Waals surface area contributed by atoms with Crippen LogP contribution in [0.3, 0.4) is 0 Å². The molecule has 0 atom stereocenters. The topological polar surface area (TPSA) is 16.4 Å². The second-order valence-corrected chi connectivity index (χ2v) is 12.5. The van der Waals surface area contributed by atoms with Crippen molar-refractivity contribution in [2.75, 3.05) is 4.90 Å². The lowest BCUT2D eigenvalue weighted by molar-refractivity contribution is 0.669. The summed E-state index contributed by atoms with van der Waals surface area (Å²) in [6.45, 7) is 0. The van der Waals surface area contributed by atoms with Gasteiger partial charge in [0.1, 0.15) is 11.2 Å². The normalized spacial score (nSPS) is 11.8. The van der Waals surface area contributed by atoms with Gasteiger partial charge in [0, 0.05) is 27.7 Å². The molecule has 0 aliphatic carbocycles. The summed E-state index contributed by atoms with van der Waals surface area (Å²) in [4.78, 5) is 2.41. The van der Waals surface area contributed by atoms with E-state index in [1.54, 1.807) is 0 Å². The summed E-state index contributed by atoms with van der Waals surface area (Å²) in [7, 11) is 0. The molecular weight excluding hydrogens is 583 g/mol. The molecule has 48 heavy (non-hydrogen) atoms. The lowest BCUT2D eigenvalue weighted by atomic mass is 9.95. The molecule has 0 unspecified atom stereocenters. The van der Waals surface area contributed by atoms with E-state index in [4.69, 9.17) is 4.42 Å². The van der Waals surface area contributed by atoms with Crippen molar-refractivity contribution in [2.45, 2.75) is 0 Å². The van der Waals surface area contributed by atoms with Crippen molar-refractivity contribution in [3.05, 3.63) is 176 Å². The van der Waals surface area contributed by atoms with Gasteiger partial charge in [-0.05, 0) is 97.2 Å². The minimum Gasteiger partial charge on any atom is -0.456 e. The van der Waals surface area contributed by atoms with Gasteiger partial charge in [-0.1, -0.05) is 127 Å². The Bertz CT molecular complexity index is 2860. The van der Waals surface area contributed by atoms with Crippen molar-refractivity contribution >= 4 is 82.1 Å². The van der Waals surface area contributed by atoms with Gasteiger partial charge < -0.3 is 9.32 Å². The molecule has 1 aromatic heterocycles. The Morgan fingerprint density at radius 3 is 1.81 bits per heavy atom. The fourth-order valence-corrected chi connectivity index (χ4v) is 7.50. The van der Waals surface area contributed by atoms with Crippen LogP contribution in [0.25, 0.3) is 76.2 Å². The third-order valence-corrected chi connectivity index (χ3v) is 9.79. The average molecular weight is 612 g/mol. The first kappa shape index (κ1) is 26.8. The number of fused-ring (bicyclic) bond motifs is 9. The van der Waals surface area contributed by atoms with Crippen molar-refractivity contribution < 1.29 is 4.42 Å². The van der Waals surface area contributed by atoms with Gasteiger partial charge in [-0.15, -0.1) is 0 Å². The molecule has 0 N–H and O–H groups in total. The quantitative estimate of drug-likeness (QED) is 0.184. The maximum atomic E-state index is 6.26. The van der Waals surface area contributed by atoms with Crippen molar-refractivity contribution in [2.24, 2.45) is 0 Å². The van der Waals surface area contributed by atoms with Gasteiger partial charge in [-0.3, -0.25) is 0 Å². The zero-order chi connectivity index (χ0) is 31.6. The van der Waals surface area contributed by atoms with Crippen molar-refractivity contribution in [1.82, 2.24) is 0 Å². The SMILES string of the molecule is c1ccc(N(c2ccc3oc4ccccc4c3c2)c2ccc3ccc4ccc5ccccc5c4c3c2)c(-c2ccc3ccccc3c2)c1. The number of rotatable bonds is 4. The van der Waals surface area contributed by atoms with E-state index < -0.39 is 0 Å². The summed E-state index contributed by atoms with van der Waals surface area (Å²) in [5.41, 5.74) is 7.43. The maximum Gasteiger partial charge on any atom is 0.135 e. The number of hydrogen-bond acceptors (Lipinski definition) is 2. The van der Waals surface area contributed by atoms with Gasteiger partial charge in [0.2, 0.25) is 0 Å². The first-order chi connectivity index (χ1) is 23.8. The van der Waals surface area contributed by atoms with E-state index >= 15 is 0 Å². The number of furan rings is 1.